The molecule has 0 heterocycles. The van der Waals surface area contributed by atoms with Gasteiger partial charge in [0.2, 0.25) is 0 Å². The average molecular weight is 284 g/mol. The van der Waals surface area contributed by atoms with Crippen LogP contribution in [0.3, 0.4) is 0 Å². The van der Waals surface area contributed by atoms with Gasteiger partial charge in [0.15, 0.2) is 0 Å². The summed E-state index contributed by atoms with van der Waals surface area (Å²) in [7, 11) is 0. The Kier molecular flexibility index (Phi) is 7.25. The Morgan fingerprint density at radius 3 is 2.58 bits per heavy atom. The van der Waals surface area contributed by atoms with E-state index in [9.17, 15) is 0 Å². The summed E-state index contributed by atoms with van der Waals surface area (Å²) < 4.78 is 5.75. The van der Waals surface area contributed by atoms with Gasteiger partial charge < -0.3 is 10.1 Å². The molecule has 0 aliphatic carbocycles. The van der Waals surface area contributed by atoms with E-state index >= 15 is 0 Å². The second-order valence-electron chi connectivity index (χ2n) is 5.58. The van der Waals surface area contributed by atoms with Crippen molar-refractivity contribution in [3.63, 3.8) is 0 Å². The van der Waals surface area contributed by atoms with E-state index in [0.29, 0.717) is 12.6 Å². The zero-order valence-electron chi connectivity index (χ0n) is 12.5. The van der Waals surface area contributed by atoms with Crippen LogP contribution >= 0.6 is 11.6 Å². The molecule has 0 bridgehead atoms. The van der Waals surface area contributed by atoms with Gasteiger partial charge in [0.1, 0.15) is 12.4 Å². The van der Waals surface area contributed by atoms with Crippen molar-refractivity contribution in [3.8, 4) is 5.75 Å². The Labute approximate surface area is 122 Å². The molecule has 0 spiro atoms. The van der Waals surface area contributed by atoms with Crippen LogP contribution in [0.1, 0.15) is 39.2 Å². The van der Waals surface area contributed by atoms with Crippen molar-refractivity contribution in [1.29, 1.82) is 0 Å². The highest BCUT2D eigenvalue weighted by molar-refractivity contribution is 6.30. The van der Waals surface area contributed by atoms with Gasteiger partial charge in [-0.25, -0.2) is 0 Å². The maximum Gasteiger partial charge on any atom is 0.122 e. The summed E-state index contributed by atoms with van der Waals surface area (Å²) >= 11 is 5.91. The zero-order chi connectivity index (χ0) is 14.3. The molecule has 0 saturated heterocycles. The number of hydrogen-bond acceptors (Lipinski definition) is 2. The molecule has 0 aromatic heterocycles. The molecule has 1 atom stereocenters. The second-order valence-corrected chi connectivity index (χ2v) is 6.02. The number of hydrogen-bond donors (Lipinski definition) is 1. The Bertz CT molecular complexity index is 379. The predicted octanol–water partition coefficient (Wildman–Crippen LogP) is 4.44. The minimum Gasteiger partial charge on any atom is -0.492 e. The predicted molar refractivity (Wildman–Crippen MR) is 83.2 cm³/mol. The van der Waals surface area contributed by atoms with Crippen LogP contribution in [0.5, 0.6) is 5.75 Å². The number of aryl methyl sites for hydroxylation is 1. The smallest absolute Gasteiger partial charge is 0.122 e. The number of benzene rings is 1. The van der Waals surface area contributed by atoms with Gasteiger partial charge in [-0.15, -0.1) is 0 Å². The van der Waals surface area contributed by atoms with Gasteiger partial charge in [-0.1, -0.05) is 25.4 Å². The summed E-state index contributed by atoms with van der Waals surface area (Å²) in [6.07, 6.45) is 2.49. The summed E-state index contributed by atoms with van der Waals surface area (Å²) in [5.41, 5.74) is 1.08. The van der Waals surface area contributed by atoms with Crippen molar-refractivity contribution in [2.45, 2.75) is 46.6 Å². The quantitative estimate of drug-likeness (QED) is 0.712. The molecule has 108 valence electrons. The molecule has 1 aromatic rings. The fraction of sp³-hybridized carbons (Fsp3) is 0.625. The fourth-order valence-electron chi connectivity index (χ4n) is 1.93. The normalized spacial score (nSPS) is 12.7. The molecule has 1 unspecified atom stereocenters. The molecule has 0 aliphatic heterocycles. The molecular formula is C16H26ClNO. The van der Waals surface area contributed by atoms with Crippen LogP contribution in [0.4, 0.5) is 0 Å². The zero-order valence-corrected chi connectivity index (χ0v) is 13.3. The highest BCUT2D eigenvalue weighted by Gasteiger charge is 2.04. The third kappa shape index (κ3) is 6.84. The maximum atomic E-state index is 5.91. The Hall–Kier alpha value is -0.730. The lowest BCUT2D eigenvalue weighted by atomic mass is 10.0. The molecule has 0 radical (unpaired) electrons. The van der Waals surface area contributed by atoms with Crippen LogP contribution < -0.4 is 10.1 Å². The van der Waals surface area contributed by atoms with Gasteiger partial charge in [-0.2, -0.15) is 0 Å². The van der Waals surface area contributed by atoms with E-state index in [1.807, 2.05) is 25.1 Å². The molecule has 1 aromatic carbocycles. The van der Waals surface area contributed by atoms with E-state index in [1.54, 1.807) is 0 Å². The lowest BCUT2D eigenvalue weighted by Crippen LogP contribution is -2.30. The van der Waals surface area contributed by atoms with Gasteiger partial charge >= 0.3 is 0 Å². The minimum absolute atomic E-state index is 0.553. The van der Waals surface area contributed by atoms with Crippen molar-refractivity contribution < 1.29 is 4.74 Å². The van der Waals surface area contributed by atoms with Gasteiger partial charge in [0.05, 0.1) is 0 Å². The Balaban J connectivity index is 2.20. The molecule has 0 aliphatic rings. The van der Waals surface area contributed by atoms with E-state index in [-0.39, 0.29) is 0 Å². The minimum atomic E-state index is 0.553. The van der Waals surface area contributed by atoms with Crippen LogP contribution in [-0.2, 0) is 0 Å². The molecule has 1 N–H and O–H groups in total. The third-order valence-electron chi connectivity index (χ3n) is 3.17. The van der Waals surface area contributed by atoms with Crippen LogP contribution in [0, 0.1) is 12.8 Å². The van der Waals surface area contributed by atoms with Crippen LogP contribution in [0.2, 0.25) is 5.02 Å². The molecule has 19 heavy (non-hydrogen) atoms. The van der Waals surface area contributed by atoms with Crippen molar-refractivity contribution in [3.05, 3.63) is 28.8 Å². The molecule has 2 nitrogen and oxygen atoms in total. The van der Waals surface area contributed by atoms with Crippen molar-refractivity contribution in [2.75, 3.05) is 13.2 Å². The van der Waals surface area contributed by atoms with E-state index in [0.717, 1.165) is 28.8 Å². The first kappa shape index (κ1) is 16.3. The van der Waals surface area contributed by atoms with Gasteiger partial charge in [-0.3, -0.25) is 0 Å². The van der Waals surface area contributed by atoms with Gasteiger partial charge in [0, 0.05) is 17.6 Å². The maximum absolute atomic E-state index is 5.91. The number of nitrogens with one attached hydrogen (secondary N) is 1. The first-order chi connectivity index (χ1) is 8.99. The second kappa shape index (κ2) is 8.44. The Morgan fingerprint density at radius 2 is 1.95 bits per heavy atom. The standard InChI is InChI=1S/C16H26ClNO/c1-12(2)5-6-14(4)18-9-10-19-16-8-7-15(17)11-13(16)3/h7-8,11-12,14,18H,5-6,9-10H2,1-4H3. The van der Waals surface area contributed by atoms with E-state index < -0.39 is 0 Å². The number of rotatable bonds is 8. The van der Waals surface area contributed by atoms with Crippen molar-refractivity contribution >= 4 is 11.6 Å². The van der Waals surface area contributed by atoms with Crippen LogP contribution in [0.15, 0.2) is 18.2 Å². The van der Waals surface area contributed by atoms with Crippen LogP contribution in [0.25, 0.3) is 0 Å². The van der Waals surface area contributed by atoms with E-state index in [4.69, 9.17) is 16.3 Å². The van der Waals surface area contributed by atoms with Crippen molar-refractivity contribution in [2.24, 2.45) is 5.92 Å². The highest BCUT2D eigenvalue weighted by atomic mass is 35.5. The highest BCUT2D eigenvalue weighted by Crippen LogP contribution is 2.21. The fourth-order valence-corrected chi connectivity index (χ4v) is 2.15. The average Bonchev–Trinajstić information content (AvgIpc) is 2.34. The summed E-state index contributed by atoms with van der Waals surface area (Å²) in [4.78, 5) is 0. The summed E-state index contributed by atoms with van der Waals surface area (Å²) in [6, 6.07) is 6.27. The molecular weight excluding hydrogens is 258 g/mol. The van der Waals surface area contributed by atoms with Crippen molar-refractivity contribution in [1.82, 2.24) is 5.32 Å². The summed E-state index contributed by atoms with van der Waals surface area (Å²) in [5.74, 6) is 1.69. The number of halogens is 1. The lowest BCUT2D eigenvalue weighted by molar-refractivity contribution is 0.301. The summed E-state index contributed by atoms with van der Waals surface area (Å²) in [6.45, 7) is 10.3. The molecule has 1 rings (SSSR count). The summed E-state index contributed by atoms with van der Waals surface area (Å²) in [5, 5.41) is 4.24. The molecule has 3 heteroatoms. The molecule has 0 amide bonds. The SMILES string of the molecule is Cc1cc(Cl)ccc1OCCNC(C)CCC(C)C. The van der Waals surface area contributed by atoms with Crippen LogP contribution in [-0.4, -0.2) is 19.2 Å². The number of ether oxygens (including phenoxy) is 1. The van der Waals surface area contributed by atoms with Gasteiger partial charge in [0.25, 0.3) is 0 Å². The first-order valence-electron chi connectivity index (χ1n) is 7.11. The first-order valence-corrected chi connectivity index (χ1v) is 7.49. The van der Waals surface area contributed by atoms with E-state index in [1.165, 1.54) is 12.8 Å². The largest absolute Gasteiger partial charge is 0.492 e. The topological polar surface area (TPSA) is 21.3 Å². The van der Waals surface area contributed by atoms with E-state index in [2.05, 4.69) is 26.1 Å². The monoisotopic (exact) mass is 283 g/mol. The van der Waals surface area contributed by atoms with Gasteiger partial charge in [-0.05, 0) is 56.4 Å². The third-order valence-corrected chi connectivity index (χ3v) is 3.40. The molecule has 0 fully saturated rings. The molecule has 0 saturated carbocycles. The Morgan fingerprint density at radius 1 is 1.21 bits per heavy atom. The lowest BCUT2D eigenvalue weighted by Gasteiger charge is -2.15.